The minimum atomic E-state index is -0.151. The number of rotatable bonds is 3. The highest BCUT2D eigenvalue weighted by Gasteiger charge is 2.32. The highest BCUT2D eigenvalue weighted by atomic mass is 16.2. The molecule has 0 bridgehead atoms. The standard InChI is InChI=1S/C13H22N4O/c1-4-17-8-10(14)11(16-17)12(18)15-9-5-6-13(2,3)7-9/h8-9H,4-7,14H2,1-3H3,(H,15,18). The van der Waals surface area contributed by atoms with Gasteiger partial charge < -0.3 is 11.1 Å². The van der Waals surface area contributed by atoms with Crippen LogP contribution < -0.4 is 11.1 Å². The molecule has 0 aliphatic heterocycles. The molecule has 5 nitrogen and oxygen atoms in total. The number of carbonyl (C=O) groups excluding carboxylic acids is 1. The van der Waals surface area contributed by atoms with E-state index in [9.17, 15) is 4.79 Å². The SMILES string of the molecule is CCn1cc(N)c(C(=O)NC2CCC(C)(C)C2)n1. The maximum atomic E-state index is 12.1. The minimum absolute atomic E-state index is 0.151. The van der Waals surface area contributed by atoms with Crippen molar-refractivity contribution in [1.29, 1.82) is 0 Å². The van der Waals surface area contributed by atoms with Crippen LogP contribution in [0.25, 0.3) is 0 Å². The van der Waals surface area contributed by atoms with Crippen LogP contribution in [-0.2, 0) is 6.54 Å². The molecule has 1 heterocycles. The number of anilines is 1. The van der Waals surface area contributed by atoms with Crippen LogP contribution in [-0.4, -0.2) is 21.7 Å². The number of nitrogens with one attached hydrogen (secondary N) is 1. The molecule has 1 saturated carbocycles. The van der Waals surface area contributed by atoms with Gasteiger partial charge in [0.05, 0.1) is 5.69 Å². The predicted octanol–water partition coefficient (Wildman–Crippen LogP) is 1.79. The molecular formula is C13H22N4O. The molecule has 5 heteroatoms. The average Bonchev–Trinajstić information content (AvgIpc) is 2.81. The van der Waals surface area contributed by atoms with Gasteiger partial charge in [-0.25, -0.2) is 0 Å². The Morgan fingerprint density at radius 1 is 1.67 bits per heavy atom. The summed E-state index contributed by atoms with van der Waals surface area (Å²) in [5.74, 6) is -0.151. The van der Waals surface area contributed by atoms with Crippen molar-refractivity contribution in [2.24, 2.45) is 5.41 Å². The van der Waals surface area contributed by atoms with Crippen LogP contribution in [0.2, 0.25) is 0 Å². The Balaban J connectivity index is 2.02. The Bertz CT molecular complexity index is 450. The topological polar surface area (TPSA) is 72.9 Å². The van der Waals surface area contributed by atoms with Crippen molar-refractivity contribution in [3.05, 3.63) is 11.9 Å². The average molecular weight is 250 g/mol. The molecule has 1 aromatic rings. The van der Waals surface area contributed by atoms with Gasteiger partial charge in [-0.2, -0.15) is 5.10 Å². The molecule has 1 fully saturated rings. The lowest BCUT2D eigenvalue weighted by Gasteiger charge is -2.17. The molecule has 3 N–H and O–H groups in total. The fourth-order valence-electron chi connectivity index (χ4n) is 2.59. The summed E-state index contributed by atoms with van der Waals surface area (Å²) in [5, 5.41) is 7.22. The lowest BCUT2D eigenvalue weighted by atomic mass is 9.92. The van der Waals surface area contributed by atoms with E-state index in [2.05, 4.69) is 24.3 Å². The van der Waals surface area contributed by atoms with Crippen LogP contribution in [0.5, 0.6) is 0 Å². The van der Waals surface area contributed by atoms with Crippen molar-refractivity contribution in [3.63, 3.8) is 0 Å². The smallest absolute Gasteiger partial charge is 0.274 e. The van der Waals surface area contributed by atoms with Gasteiger partial charge in [0.2, 0.25) is 0 Å². The van der Waals surface area contributed by atoms with E-state index in [1.165, 1.54) is 0 Å². The lowest BCUT2D eigenvalue weighted by Crippen LogP contribution is -2.34. The molecule has 1 amide bonds. The third-order valence-electron chi connectivity index (χ3n) is 3.63. The zero-order valence-electron chi connectivity index (χ0n) is 11.4. The maximum Gasteiger partial charge on any atom is 0.274 e. The predicted molar refractivity (Wildman–Crippen MR) is 71.2 cm³/mol. The van der Waals surface area contributed by atoms with Gasteiger partial charge in [-0.1, -0.05) is 13.8 Å². The zero-order chi connectivity index (χ0) is 13.3. The fraction of sp³-hybridized carbons (Fsp3) is 0.692. The molecular weight excluding hydrogens is 228 g/mol. The Labute approximate surface area is 108 Å². The van der Waals surface area contributed by atoms with E-state index in [1.54, 1.807) is 10.9 Å². The summed E-state index contributed by atoms with van der Waals surface area (Å²) in [7, 11) is 0. The van der Waals surface area contributed by atoms with E-state index in [0.717, 1.165) is 19.3 Å². The summed E-state index contributed by atoms with van der Waals surface area (Å²) < 4.78 is 1.68. The second-order valence-corrected chi connectivity index (χ2v) is 5.87. The number of hydrogen-bond donors (Lipinski definition) is 2. The summed E-state index contributed by atoms with van der Waals surface area (Å²) in [4.78, 5) is 12.1. The molecule has 1 atom stereocenters. The van der Waals surface area contributed by atoms with E-state index in [0.29, 0.717) is 23.3 Å². The number of aryl methyl sites for hydroxylation is 1. The monoisotopic (exact) mass is 250 g/mol. The summed E-state index contributed by atoms with van der Waals surface area (Å²) in [6.45, 7) is 7.15. The quantitative estimate of drug-likeness (QED) is 0.859. The van der Waals surface area contributed by atoms with Crippen molar-refractivity contribution in [1.82, 2.24) is 15.1 Å². The molecule has 2 rings (SSSR count). The number of nitrogen functional groups attached to an aromatic ring is 1. The lowest BCUT2D eigenvalue weighted by molar-refractivity contribution is 0.0931. The molecule has 100 valence electrons. The van der Waals surface area contributed by atoms with Gasteiger partial charge in [0.1, 0.15) is 0 Å². The van der Waals surface area contributed by atoms with E-state index < -0.39 is 0 Å². The third kappa shape index (κ3) is 2.66. The number of amides is 1. The van der Waals surface area contributed by atoms with Crippen molar-refractivity contribution in [3.8, 4) is 0 Å². The molecule has 18 heavy (non-hydrogen) atoms. The van der Waals surface area contributed by atoms with Crippen molar-refractivity contribution >= 4 is 11.6 Å². The van der Waals surface area contributed by atoms with E-state index >= 15 is 0 Å². The summed E-state index contributed by atoms with van der Waals surface area (Å²) in [5.41, 5.74) is 6.93. The Hall–Kier alpha value is -1.52. The van der Waals surface area contributed by atoms with Gasteiger partial charge in [-0.05, 0) is 31.6 Å². The van der Waals surface area contributed by atoms with Crippen LogP contribution in [0.3, 0.4) is 0 Å². The third-order valence-corrected chi connectivity index (χ3v) is 3.63. The largest absolute Gasteiger partial charge is 0.396 e. The molecule has 1 unspecified atom stereocenters. The van der Waals surface area contributed by atoms with Crippen LogP contribution in [0, 0.1) is 5.41 Å². The van der Waals surface area contributed by atoms with Crippen molar-refractivity contribution in [2.75, 3.05) is 5.73 Å². The number of aromatic nitrogens is 2. The van der Waals surface area contributed by atoms with Crippen LogP contribution >= 0.6 is 0 Å². The summed E-state index contributed by atoms with van der Waals surface area (Å²) >= 11 is 0. The first-order valence-corrected chi connectivity index (χ1v) is 6.55. The fourth-order valence-corrected chi connectivity index (χ4v) is 2.59. The maximum absolute atomic E-state index is 12.1. The first-order chi connectivity index (χ1) is 8.41. The van der Waals surface area contributed by atoms with Gasteiger partial charge in [0, 0.05) is 18.8 Å². The Kier molecular flexibility index (Phi) is 3.32. The van der Waals surface area contributed by atoms with Gasteiger partial charge in [0.25, 0.3) is 5.91 Å². The summed E-state index contributed by atoms with van der Waals surface area (Å²) in [6, 6.07) is 0.249. The number of nitrogens with two attached hydrogens (primary N) is 1. The first kappa shape index (κ1) is 12.9. The molecule has 0 spiro atoms. The van der Waals surface area contributed by atoms with Gasteiger partial charge in [-0.15, -0.1) is 0 Å². The van der Waals surface area contributed by atoms with E-state index in [1.807, 2.05) is 6.92 Å². The molecule has 0 aromatic carbocycles. The van der Waals surface area contributed by atoms with Gasteiger partial charge >= 0.3 is 0 Å². The van der Waals surface area contributed by atoms with Crippen molar-refractivity contribution in [2.45, 2.75) is 52.6 Å². The normalized spacial score (nSPS) is 22.1. The number of hydrogen-bond acceptors (Lipinski definition) is 3. The van der Waals surface area contributed by atoms with Gasteiger partial charge in [-0.3, -0.25) is 9.48 Å². The second-order valence-electron chi connectivity index (χ2n) is 5.87. The first-order valence-electron chi connectivity index (χ1n) is 6.55. The molecule has 0 radical (unpaired) electrons. The Morgan fingerprint density at radius 2 is 2.39 bits per heavy atom. The second kappa shape index (κ2) is 4.63. The van der Waals surface area contributed by atoms with E-state index in [-0.39, 0.29) is 11.9 Å². The molecule has 1 aliphatic carbocycles. The minimum Gasteiger partial charge on any atom is -0.396 e. The summed E-state index contributed by atoms with van der Waals surface area (Å²) in [6.07, 6.45) is 4.91. The van der Waals surface area contributed by atoms with Crippen LogP contribution in [0.15, 0.2) is 6.20 Å². The van der Waals surface area contributed by atoms with Gasteiger partial charge in [0.15, 0.2) is 5.69 Å². The number of carbonyl (C=O) groups is 1. The zero-order valence-corrected chi connectivity index (χ0v) is 11.4. The molecule has 1 aromatic heterocycles. The number of nitrogens with zero attached hydrogens (tertiary/aromatic N) is 2. The van der Waals surface area contributed by atoms with Crippen LogP contribution in [0.1, 0.15) is 50.5 Å². The van der Waals surface area contributed by atoms with Crippen LogP contribution in [0.4, 0.5) is 5.69 Å². The highest BCUT2D eigenvalue weighted by molar-refractivity contribution is 5.97. The highest BCUT2D eigenvalue weighted by Crippen LogP contribution is 2.37. The molecule has 0 saturated heterocycles. The molecule has 1 aliphatic rings. The van der Waals surface area contributed by atoms with E-state index in [4.69, 9.17) is 5.73 Å². The van der Waals surface area contributed by atoms with Crippen molar-refractivity contribution < 1.29 is 4.79 Å². The Morgan fingerprint density at radius 3 is 2.89 bits per heavy atom.